The van der Waals surface area contributed by atoms with Crippen LogP contribution in [-0.2, 0) is 4.79 Å². The number of anilines is 3. The Kier molecular flexibility index (Phi) is 5.97. The first kappa shape index (κ1) is 20.8. The molecule has 9 nitrogen and oxygen atoms in total. The van der Waals surface area contributed by atoms with Crippen LogP contribution < -0.4 is 20.7 Å². The lowest BCUT2D eigenvalue weighted by Crippen LogP contribution is -2.47. The molecule has 1 aromatic carbocycles. The van der Waals surface area contributed by atoms with E-state index in [9.17, 15) is 10.1 Å². The quantitative estimate of drug-likeness (QED) is 0.613. The maximum atomic E-state index is 12.0. The van der Waals surface area contributed by atoms with Crippen LogP contribution in [0.15, 0.2) is 36.5 Å². The smallest absolute Gasteiger partial charge is 0.240 e. The molecule has 0 aliphatic carbocycles. The number of fused-ring (bicyclic) bond motifs is 1. The Morgan fingerprint density at radius 3 is 2.70 bits per heavy atom. The molecule has 3 aromatic rings. The first-order valence-electron chi connectivity index (χ1n) is 9.35. The Hall–Kier alpha value is -3.93. The van der Waals surface area contributed by atoms with Gasteiger partial charge in [0.25, 0.3) is 0 Å². The van der Waals surface area contributed by atoms with Crippen molar-refractivity contribution in [3.05, 3.63) is 42.1 Å². The van der Waals surface area contributed by atoms with Gasteiger partial charge >= 0.3 is 0 Å². The SMILES string of the molecule is COc1nc(N(C)[C@@H](C(N)=O)C(C)C)nc(Nc2ccc3ncccc3c2)c1C#N. The highest BCUT2D eigenvalue weighted by Crippen LogP contribution is 2.29. The number of amides is 1. The van der Waals surface area contributed by atoms with Crippen molar-refractivity contribution in [1.82, 2.24) is 15.0 Å². The van der Waals surface area contributed by atoms with Gasteiger partial charge in [-0.15, -0.1) is 0 Å². The summed E-state index contributed by atoms with van der Waals surface area (Å²) in [7, 11) is 3.11. The number of hydrogen-bond donors (Lipinski definition) is 2. The first-order valence-corrected chi connectivity index (χ1v) is 9.35. The number of nitrogens with one attached hydrogen (secondary N) is 1. The van der Waals surface area contributed by atoms with E-state index in [1.54, 1.807) is 18.1 Å². The second-order valence-corrected chi connectivity index (χ2v) is 7.11. The zero-order chi connectivity index (χ0) is 21.8. The van der Waals surface area contributed by atoms with Crippen LogP contribution in [-0.4, -0.2) is 41.1 Å². The molecule has 154 valence electrons. The number of hydrogen-bond acceptors (Lipinski definition) is 8. The number of methoxy groups -OCH3 is 1. The minimum Gasteiger partial charge on any atom is -0.480 e. The molecular weight excluding hydrogens is 382 g/mol. The number of nitriles is 1. The lowest BCUT2D eigenvalue weighted by molar-refractivity contribution is -0.120. The van der Waals surface area contributed by atoms with Gasteiger partial charge in [-0.2, -0.15) is 15.2 Å². The van der Waals surface area contributed by atoms with Crippen molar-refractivity contribution in [3.63, 3.8) is 0 Å². The van der Waals surface area contributed by atoms with Crippen LogP contribution in [0.3, 0.4) is 0 Å². The number of carbonyl (C=O) groups is 1. The molecule has 0 spiro atoms. The molecule has 2 aromatic heterocycles. The summed E-state index contributed by atoms with van der Waals surface area (Å²) in [4.78, 5) is 26.7. The highest BCUT2D eigenvalue weighted by Gasteiger charge is 2.28. The minimum absolute atomic E-state index is 0.0675. The molecule has 3 rings (SSSR count). The van der Waals surface area contributed by atoms with Crippen molar-refractivity contribution in [3.8, 4) is 11.9 Å². The number of nitrogens with two attached hydrogens (primary N) is 1. The lowest BCUT2D eigenvalue weighted by Gasteiger charge is -2.29. The van der Waals surface area contributed by atoms with Gasteiger partial charge in [-0.05, 0) is 30.2 Å². The molecule has 1 amide bonds. The van der Waals surface area contributed by atoms with E-state index in [4.69, 9.17) is 10.5 Å². The summed E-state index contributed by atoms with van der Waals surface area (Å²) in [6, 6.07) is 10.9. The van der Waals surface area contributed by atoms with Gasteiger partial charge in [-0.25, -0.2) is 0 Å². The molecule has 0 unspecified atom stereocenters. The Bertz CT molecular complexity index is 1120. The van der Waals surface area contributed by atoms with Gasteiger partial charge in [0.2, 0.25) is 17.7 Å². The Labute approximate surface area is 174 Å². The molecule has 0 fully saturated rings. The largest absolute Gasteiger partial charge is 0.480 e. The predicted octanol–water partition coefficient (Wildman–Crippen LogP) is 2.59. The Morgan fingerprint density at radius 2 is 2.07 bits per heavy atom. The highest BCUT2D eigenvalue weighted by atomic mass is 16.5. The van der Waals surface area contributed by atoms with Gasteiger partial charge in [0.1, 0.15) is 12.1 Å². The molecule has 1 atom stereocenters. The summed E-state index contributed by atoms with van der Waals surface area (Å²) in [5.41, 5.74) is 7.30. The zero-order valence-corrected chi connectivity index (χ0v) is 17.2. The number of ether oxygens (including phenoxy) is 1. The van der Waals surface area contributed by atoms with E-state index < -0.39 is 11.9 Å². The van der Waals surface area contributed by atoms with Crippen molar-refractivity contribution in [2.75, 3.05) is 24.4 Å². The average molecular weight is 405 g/mol. The van der Waals surface area contributed by atoms with Gasteiger partial charge in [-0.1, -0.05) is 19.9 Å². The fourth-order valence-electron chi connectivity index (χ4n) is 3.31. The number of aromatic nitrogens is 3. The molecule has 0 radical (unpaired) electrons. The third-order valence-electron chi connectivity index (χ3n) is 4.69. The number of nitrogens with zero attached hydrogens (tertiary/aromatic N) is 5. The summed E-state index contributed by atoms with van der Waals surface area (Å²) in [6.45, 7) is 3.77. The molecule has 0 bridgehead atoms. The van der Waals surface area contributed by atoms with Gasteiger partial charge in [0.15, 0.2) is 11.4 Å². The number of benzene rings is 1. The number of likely N-dealkylation sites (N-methyl/N-ethyl adjacent to an activating group) is 1. The fourth-order valence-corrected chi connectivity index (χ4v) is 3.31. The minimum atomic E-state index is -0.623. The van der Waals surface area contributed by atoms with Crippen molar-refractivity contribution >= 4 is 34.3 Å². The van der Waals surface area contributed by atoms with Crippen LogP contribution >= 0.6 is 0 Å². The van der Waals surface area contributed by atoms with Crippen LogP contribution in [0.25, 0.3) is 10.9 Å². The number of carbonyl (C=O) groups excluding carboxylic acids is 1. The average Bonchev–Trinajstić information content (AvgIpc) is 2.72. The van der Waals surface area contributed by atoms with E-state index >= 15 is 0 Å². The topological polar surface area (TPSA) is 130 Å². The van der Waals surface area contributed by atoms with Gasteiger partial charge < -0.3 is 20.7 Å². The monoisotopic (exact) mass is 405 g/mol. The Morgan fingerprint density at radius 1 is 1.30 bits per heavy atom. The molecular formula is C21H23N7O2. The molecule has 0 saturated carbocycles. The predicted molar refractivity (Wildman–Crippen MR) is 115 cm³/mol. The van der Waals surface area contributed by atoms with Crippen molar-refractivity contribution < 1.29 is 9.53 Å². The van der Waals surface area contributed by atoms with Crippen molar-refractivity contribution in [2.45, 2.75) is 19.9 Å². The standard InChI is InChI=1S/C21H23N7O2/c1-12(2)17(18(23)29)28(3)21-26-19(15(11-22)20(27-21)30-4)25-14-7-8-16-13(10-14)6-5-9-24-16/h5-10,12,17H,1-4H3,(H2,23,29)(H,25,26,27)/t17-/m1/s1. The number of primary amides is 1. The van der Waals surface area contributed by atoms with E-state index in [0.717, 1.165) is 16.6 Å². The third-order valence-corrected chi connectivity index (χ3v) is 4.69. The highest BCUT2D eigenvalue weighted by molar-refractivity contribution is 5.84. The summed E-state index contributed by atoms with van der Waals surface area (Å²) in [5.74, 6) is 0.0269. The summed E-state index contributed by atoms with van der Waals surface area (Å²) >= 11 is 0. The fraction of sp³-hybridized carbons (Fsp3) is 0.286. The zero-order valence-electron chi connectivity index (χ0n) is 17.2. The van der Waals surface area contributed by atoms with E-state index in [1.807, 2.05) is 44.2 Å². The van der Waals surface area contributed by atoms with Crippen LogP contribution in [0.2, 0.25) is 0 Å². The second-order valence-electron chi connectivity index (χ2n) is 7.11. The molecule has 0 saturated heterocycles. The molecule has 0 aliphatic rings. The summed E-state index contributed by atoms with van der Waals surface area (Å²) in [6.07, 6.45) is 1.73. The summed E-state index contributed by atoms with van der Waals surface area (Å²) < 4.78 is 5.31. The maximum Gasteiger partial charge on any atom is 0.240 e. The number of pyridine rings is 1. The lowest BCUT2D eigenvalue weighted by atomic mass is 10.0. The second kappa shape index (κ2) is 8.61. The van der Waals surface area contributed by atoms with Crippen LogP contribution in [0.5, 0.6) is 5.88 Å². The van der Waals surface area contributed by atoms with E-state index in [0.29, 0.717) is 0 Å². The van der Waals surface area contributed by atoms with Gasteiger partial charge in [0.05, 0.1) is 12.6 Å². The third kappa shape index (κ3) is 4.07. The van der Waals surface area contributed by atoms with Crippen molar-refractivity contribution in [2.24, 2.45) is 11.7 Å². The van der Waals surface area contributed by atoms with Gasteiger partial charge in [-0.3, -0.25) is 9.78 Å². The van der Waals surface area contributed by atoms with E-state index in [1.165, 1.54) is 7.11 Å². The molecule has 30 heavy (non-hydrogen) atoms. The van der Waals surface area contributed by atoms with Crippen molar-refractivity contribution in [1.29, 1.82) is 5.26 Å². The summed E-state index contributed by atoms with van der Waals surface area (Å²) in [5, 5.41) is 13.7. The molecule has 2 heterocycles. The van der Waals surface area contributed by atoms with Crippen LogP contribution in [0.1, 0.15) is 19.4 Å². The van der Waals surface area contributed by atoms with Crippen LogP contribution in [0, 0.1) is 17.2 Å². The van der Waals surface area contributed by atoms with Crippen LogP contribution in [0.4, 0.5) is 17.5 Å². The first-order chi connectivity index (χ1) is 14.3. The number of rotatable bonds is 7. The Balaban J connectivity index is 2.07. The molecule has 9 heteroatoms. The van der Waals surface area contributed by atoms with E-state index in [2.05, 4.69) is 26.3 Å². The molecule has 3 N–H and O–H groups in total. The molecule has 0 aliphatic heterocycles. The van der Waals surface area contributed by atoms with E-state index in [-0.39, 0.29) is 29.1 Å². The maximum absolute atomic E-state index is 12.0. The van der Waals surface area contributed by atoms with Gasteiger partial charge in [0, 0.05) is 24.3 Å². The normalized spacial score (nSPS) is 11.7.